The molecule has 0 aromatic rings. The lowest BCUT2D eigenvalue weighted by molar-refractivity contribution is -0.171. The molecule has 5 heteroatoms. The highest BCUT2D eigenvalue weighted by Crippen LogP contribution is 2.69. The van der Waals surface area contributed by atoms with Crippen molar-refractivity contribution in [3.05, 3.63) is 0 Å². The molecule has 4 saturated carbocycles. The molecule has 0 heterocycles. The van der Waals surface area contributed by atoms with Gasteiger partial charge in [-0.2, -0.15) is 0 Å². The fourth-order valence-electron chi connectivity index (χ4n) is 11.5. The monoisotopic (exact) mass is 570 g/mol. The average molecular weight is 571 g/mol. The third-order valence-corrected chi connectivity index (χ3v) is 13.3. The molecule has 0 saturated heterocycles. The number of ketones is 3. The zero-order valence-corrected chi connectivity index (χ0v) is 26.9. The van der Waals surface area contributed by atoms with Crippen LogP contribution in [0.2, 0.25) is 0 Å². The molecule has 2 unspecified atom stereocenters. The topological polar surface area (TPSA) is 88.5 Å². The van der Waals surface area contributed by atoms with Gasteiger partial charge in [-0.05, 0) is 117 Å². The van der Waals surface area contributed by atoms with Crippen LogP contribution in [0, 0.1) is 57.7 Å². The second kappa shape index (κ2) is 12.6. The molecular formula is C36H58O5. The number of carbonyl (C=O) groups is 4. The lowest BCUT2D eigenvalue weighted by Gasteiger charge is -2.61. The molecule has 0 aliphatic heterocycles. The number of hydrogen-bond acceptors (Lipinski definition) is 4. The van der Waals surface area contributed by atoms with E-state index in [1.54, 1.807) is 0 Å². The van der Waals surface area contributed by atoms with Crippen LogP contribution in [0.3, 0.4) is 0 Å². The van der Waals surface area contributed by atoms with E-state index in [2.05, 4.69) is 13.8 Å². The maximum absolute atomic E-state index is 14.0. The van der Waals surface area contributed by atoms with Gasteiger partial charge in [0.25, 0.3) is 0 Å². The van der Waals surface area contributed by atoms with Gasteiger partial charge in [0.15, 0.2) is 17.0 Å². The third-order valence-electron chi connectivity index (χ3n) is 13.3. The lowest BCUT2D eigenvalue weighted by Crippen LogP contribution is -2.58. The molecule has 0 radical (unpaired) electrons. The van der Waals surface area contributed by atoms with E-state index in [1.165, 1.54) is 44.9 Å². The first-order chi connectivity index (χ1) is 19.4. The predicted molar refractivity (Wildman–Crippen MR) is 162 cm³/mol. The fourth-order valence-corrected chi connectivity index (χ4v) is 11.5. The van der Waals surface area contributed by atoms with Gasteiger partial charge in [-0.3, -0.25) is 19.2 Å². The normalized spacial score (nSPS) is 36.4. The SMILES string of the molecule is CCCC(=O)C([C@@H](C)[C@H]1CC[C@H]2[C@@H]3CCC4CCCC[C@]4(C)[C@H]3CC[C@]12C)C(C(=O)O)(C(=O)CCC)C(=O)CCC. The fraction of sp³-hybridized carbons (Fsp3) is 0.889. The van der Waals surface area contributed by atoms with Crippen molar-refractivity contribution in [3.8, 4) is 0 Å². The molecule has 232 valence electrons. The summed E-state index contributed by atoms with van der Waals surface area (Å²) in [6.45, 7) is 12.6. The number of Topliss-reactive ketones (excluding diaryl/α,β-unsaturated/α-hetero) is 3. The maximum Gasteiger partial charge on any atom is 0.325 e. The van der Waals surface area contributed by atoms with Crippen molar-refractivity contribution in [2.75, 3.05) is 0 Å². The van der Waals surface area contributed by atoms with Crippen LogP contribution in [0.15, 0.2) is 0 Å². The predicted octanol–water partition coefficient (Wildman–Crippen LogP) is 8.47. The van der Waals surface area contributed by atoms with Crippen LogP contribution in [0.4, 0.5) is 0 Å². The number of carboxylic acid groups (broad SMARTS) is 1. The molecule has 9 atom stereocenters. The van der Waals surface area contributed by atoms with E-state index in [-0.39, 0.29) is 42.3 Å². The maximum atomic E-state index is 14.0. The minimum atomic E-state index is -2.27. The Morgan fingerprint density at radius 3 is 1.95 bits per heavy atom. The number of rotatable bonds is 13. The Kier molecular flexibility index (Phi) is 9.96. The summed E-state index contributed by atoms with van der Waals surface area (Å²) in [6, 6.07) is 0. The second-order valence-corrected chi connectivity index (χ2v) is 15.1. The molecule has 0 aromatic heterocycles. The molecule has 0 aromatic carbocycles. The van der Waals surface area contributed by atoms with Gasteiger partial charge in [0.2, 0.25) is 0 Å². The van der Waals surface area contributed by atoms with Gasteiger partial charge in [-0.1, -0.05) is 54.4 Å². The number of carbonyl (C=O) groups excluding carboxylic acids is 3. The molecule has 4 rings (SSSR count). The third kappa shape index (κ3) is 5.17. The van der Waals surface area contributed by atoms with E-state index < -0.39 is 28.9 Å². The summed E-state index contributed by atoms with van der Waals surface area (Å²) in [7, 11) is 0. The van der Waals surface area contributed by atoms with Crippen molar-refractivity contribution < 1.29 is 24.3 Å². The minimum Gasteiger partial charge on any atom is -0.480 e. The van der Waals surface area contributed by atoms with Crippen LogP contribution >= 0.6 is 0 Å². The number of aliphatic carboxylic acids is 1. The number of carboxylic acids is 1. The molecular weight excluding hydrogens is 512 g/mol. The highest BCUT2D eigenvalue weighted by molar-refractivity contribution is 6.24. The van der Waals surface area contributed by atoms with Crippen LogP contribution in [0.1, 0.15) is 144 Å². The summed E-state index contributed by atoms with van der Waals surface area (Å²) in [5.74, 6) is -1.11. The van der Waals surface area contributed by atoms with Gasteiger partial charge in [0.05, 0.1) is 5.92 Å². The van der Waals surface area contributed by atoms with Crippen LogP contribution in [-0.2, 0) is 19.2 Å². The summed E-state index contributed by atoms with van der Waals surface area (Å²) in [4.78, 5) is 55.0. The van der Waals surface area contributed by atoms with Crippen molar-refractivity contribution in [1.82, 2.24) is 0 Å². The Morgan fingerprint density at radius 1 is 0.756 bits per heavy atom. The largest absolute Gasteiger partial charge is 0.480 e. The van der Waals surface area contributed by atoms with Gasteiger partial charge in [0, 0.05) is 19.3 Å². The van der Waals surface area contributed by atoms with Crippen LogP contribution in [0.25, 0.3) is 0 Å². The highest BCUT2D eigenvalue weighted by Gasteiger charge is 2.65. The van der Waals surface area contributed by atoms with E-state index in [9.17, 15) is 24.3 Å². The van der Waals surface area contributed by atoms with Crippen molar-refractivity contribution in [2.45, 2.75) is 144 Å². The standard InChI is InChI=1S/C36H58O5/c1-7-12-29(37)32(36(33(40)41,30(38)13-8-2)31(39)14-9-3)23(4)26-18-19-27-25-17-16-24-15-10-11-21-34(24,5)28(25)20-22-35(26,27)6/h23-28,32H,7-22H2,1-6H3,(H,40,41)/t23-,24?,25-,26+,27-,28-,32?,34-,35+/m0/s1. The molecule has 0 spiro atoms. The molecule has 5 nitrogen and oxygen atoms in total. The minimum absolute atomic E-state index is 0.00897. The van der Waals surface area contributed by atoms with Crippen molar-refractivity contribution >= 4 is 23.3 Å². The van der Waals surface area contributed by atoms with E-state index in [4.69, 9.17) is 0 Å². The van der Waals surface area contributed by atoms with Crippen LogP contribution in [0.5, 0.6) is 0 Å². The van der Waals surface area contributed by atoms with E-state index in [0.717, 1.165) is 31.1 Å². The molecule has 41 heavy (non-hydrogen) atoms. The summed E-state index contributed by atoms with van der Waals surface area (Å²) in [6.07, 6.45) is 14.2. The molecule has 4 aliphatic carbocycles. The average Bonchev–Trinajstić information content (AvgIpc) is 3.28. The first kappa shape index (κ1) is 32.4. The zero-order valence-electron chi connectivity index (χ0n) is 26.9. The highest BCUT2D eigenvalue weighted by atomic mass is 16.4. The lowest BCUT2D eigenvalue weighted by atomic mass is 9.44. The van der Waals surface area contributed by atoms with Crippen molar-refractivity contribution in [1.29, 1.82) is 0 Å². The van der Waals surface area contributed by atoms with Gasteiger partial charge < -0.3 is 5.11 Å². The van der Waals surface area contributed by atoms with Crippen molar-refractivity contribution in [2.24, 2.45) is 57.7 Å². The Balaban J connectivity index is 1.73. The molecule has 1 N–H and O–H groups in total. The summed E-state index contributed by atoms with van der Waals surface area (Å²) in [5.41, 5.74) is -1.81. The number of fused-ring (bicyclic) bond motifs is 5. The summed E-state index contributed by atoms with van der Waals surface area (Å²) in [5, 5.41) is 10.8. The van der Waals surface area contributed by atoms with Gasteiger partial charge in [0.1, 0.15) is 5.78 Å². The van der Waals surface area contributed by atoms with Crippen LogP contribution in [-0.4, -0.2) is 28.4 Å². The first-order valence-electron chi connectivity index (χ1n) is 17.3. The number of hydrogen-bond donors (Lipinski definition) is 1. The second-order valence-electron chi connectivity index (χ2n) is 15.1. The van der Waals surface area contributed by atoms with Crippen molar-refractivity contribution in [3.63, 3.8) is 0 Å². The summed E-state index contributed by atoms with van der Waals surface area (Å²) < 4.78 is 0. The first-order valence-corrected chi connectivity index (χ1v) is 17.3. The quantitative estimate of drug-likeness (QED) is 0.224. The Morgan fingerprint density at radius 2 is 1.37 bits per heavy atom. The molecule has 0 bridgehead atoms. The van der Waals surface area contributed by atoms with E-state index in [1.807, 2.05) is 27.7 Å². The Hall–Kier alpha value is -1.52. The zero-order chi connectivity index (χ0) is 30.2. The Labute approximate surface area is 249 Å². The van der Waals surface area contributed by atoms with Crippen LogP contribution < -0.4 is 0 Å². The van der Waals surface area contributed by atoms with Gasteiger partial charge in [-0.25, -0.2) is 0 Å². The van der Waals surface area contributed by atoms with E-state index >= 15 is 0 Å². The molecule has 4 aliphatic rings. The summed E-state index contributed by atoms with van der Waals surface area (Å²) >= 11 is 0. The Bertz CT molecular complexity index is 982. The smallest absolute Gasteiger partial charge is 0.325 e. The van der Waals surface area contributed by atoms with Gasteiger partial charge in [-0.15, -0.1) is 0 Å². The van der Waals surface area contributed by atoms with Gasteiger partial charge >= 0.3 is 5.97 Å². The van der Waals surface area contributed by atoms with E-state index in [0.29, 0.717) is 36.5 Å². The molecule has 0 amide bonds. The molecule has 4 fully saturated rings.